The Balaban J connectivity index is 2.00. The second-order valence-corrected chi connectivity index (χ2v) is 6.65. The van der Waals surface area contributed by atoms with Crippen molar-refractivity contribution in [1.29, 1.82) is 0 Å². The number of hydrogen-bond donors (Lipinski definition) is 1. The minimum absolute atomic E-state index is 0.140. The number of benzene rings is 1. The number of halogens is 1. The Bertz CT molecular complexity index is 1190. The van der Waals surface area contributed by atoms with E-state index in [1.165, 1.54) is 0 Å². The van der Waals surface area contributed by atoms with Crippen LogP contribution in [0, 0.1) is 6.92 Å². The molecule has 3 heterocycles. The lowest BCUT2D eigenvalue weighted by Crippen LogP contribution is -2.24. The molecule has 0 bridgehead atoms. The van der Waals surface area contributed by atoms with Crippen molar-refractivity contribution in [1.82, 2.24) is 19.5 Å². The zero-order valence-electron chi connectivity index (χ0n) is 14.6. The molecule has 1 aromatic carbocycles. The predicted octanol–water partition coefficient (Wildman–Crippen LogP) is 3.45. The van der Waals surface area contributed by atoms with Crippen LogP contribution < -0.4 is 11.3 Å². The number of anilines is 1. The lowest BCUT2D eigenvalue weighted by atomic mass is 10.1. The highest BCUT2D eigenvalue weighted by atomic mass is 35.5. The standard InChI is InChI=1S/C20H16ClN5O/c1-12-16-10-17(14-6-8-23-9-7-14)19(27)26(18(16)25-20(22)24-12)11-13-2-4-15(21)5-3-13/h2-10H,11H2,1H3,(H2,22,24,25). The second kappa shape index (κ2) is 6.81. The van der Waals surface area contributed by atoms with E-state index in [1.807, 2.05) is 37.3 Å². The Morgan fingerprint density at radius 3 is 2.48 bits per heavy atom. The molecule has 0 spiro atoms. The second-order valence-electron chi connectivity index (χ2n) is 6.22. The van der Waals surface area contributed by atoms with Gasteiger partial charge in [-0.15, -0.1) is 0 Å². The van der Waals surface area contributed by atoms with Gasteiger partial charge < -0.3 is 5.73 Å². The van der Waals surface area contributed by atoms with Gasteiger partial charge in [-0.3, -0.25) is 14.3 Å². The van der Waals surface area contributed by atoms with Gasteiger partial charge in [0.25, 0.3) is 5.56 Å². The third-order valence-electron chi connectivity index (χ3n) is 4.40. The molecule has 0 aliphatic heterocycles. The maximum absolute atomic E-state index is 13.3. The number of pyridine rings is 2. The van der Waals surface area contributed by atoms with E-state index in [4.69, 9.17) is 17.3 Å². The summed E-state index contributed by atoms with van der Waals surface area (Å²) in [5.74, 6) is 0.140. The van der Waals surface area contributed by atoms with Crippen molar-refractivity contribution in [3.63, 3.8) is 0 Å². The summed E-state index contributed by atoms with van der Waals surface area (Å²) in [5, 5.41) is 1.42. The summed E-state index contributed by atoms with van der Waals surface area (Å²) < 4.78 is 1.62. The minimum Gasteiger partial charge on any atom is -0.368 e. The molecule has 0 saturated heterocycles. The van der Waals surface area contributed by atoms with Crippen LogP contribution in [-0.4, -0.2) is 19.5 Å². The summed E-state index contributed by atoms with van der Waals surface area (Å²) >= 11 is 5.98. The molecule has 4 aromatic rings. The van der Waals surface area contributed by atoms with Crippen molar-refractivity contribution < 1.29 is 0 Å². The molecule has 0 radical (unpaired) electrons. The normalized spacial score (nSPS) is 11.0. The average molecular weight is 378 g/mol. The average Bonchev–Trinajstić information content (AvgIpc) is 2.66. The smallest absolute Gasteiger partial charge is 0.260 e. The molecule has 0 fully saturated rings. The molecular weight excluding hydrogens is 362 g/mol. The van der Waals surface area contributed by atoms with E-state index in [0.29, 0.717) is 22.8 Å². The first-order chi connectivity index (χ1) is 13.0. The van der Waals surface area contributed by atoms with Gasteiger partial charge >= 0.3 is 0 Å². The minimum atomic E-state index is -0.152. The van der Waals surface area contributed by atoms with Gasteiger partial charge in [0.05, 0.1) is 12.2 Å². The number of nitrogens with zero attached hydrogens (tertiary/aromatic N) is 4. The van der Waals surface area contributed by atoms with E-state index in [2.05, 4.69) is 15.0 Å². The molecule has 7 heteroatoms. The zero-order chi connectivity index (χ0) is 19.0. The zero-order valence-corrected chi connectivity index (χ0v) is 15.3. The SMILES string of the molecule is Cc1nc(N)nc2c1cc(-c1ccncc1)c(=O)n2Cc1ccc(Cl)cc1. The highest BCUT2D eigenvalue weighted by Crippen LogP contribution is 2.23. The number of aromatic nitrogens is 4. The first kappa shape index (κ1) is 17.2. The molecule has 4 rings (SSSR count). The number of fused-ring (bicyclic) bond motifs is 1. The largest absolute Gasteiger partial charge is 0.368 e. The molecule has 0 unspecified atom stereocenters. The molecule has 27 heavy (non-hydrogen) atoms. The maximum atomic E-state index is 13.3. The Hall–Kier alpha value is -3.25. The van der Waals surface area contributed by atoms with Crippen molar-refractivity contribution in [2.75, 3.05) is 5.73 Å². The molecule has 2 N–H and O–H groups in total. The maximum Gasteiger partial charge on any atom is 0.260 e. The van der Waals surface area contributed by atoms with Crippen molar-refractivity contribution >= 4 is 28.6 Å². The summed E-state index contributed by atoms with van der Waals surface area (Å²) in [6.45, 7) is 2.20. The molecule has 3 aromatic heterocycles. The highest BCUT2D eigenvalue weighted by Gasteiger charge is 2.15. The molecule has 6 nitrogen and oxygen atoms in total. The number of rotatable bonds is 3. The van der Waals surface area contributed by atoms with Gasteiger partial charge in [0.1, 0.15) is 5.65 Å². The van der Waals surface area contributed by atoms with Crippen LogP contribution in [0.25, 0.3) is 22.2 Å². The van der Waals surface area contributed by atoms with Crippen LogP contribution in [0.3, 0.4) is 0 Å². The molecular formula is C20H16ClN5O. The van der Waals surface area contributed by atoms with Crippen LogP contribution >= 0.6 is 11.6 Å². The Morgan fingerprint density at radius 2 is 1.78 bits per heavy atom. The number of nitrogens with two attached hydrogens (primary N) is 1. The van der Waals surface area contributed by atoms with Crippen LogP contribution in [0.5, 0.6) is 0 Å². The Labute approximate surface area is 160 Å². The van der Waals surface area contributed by atoms with Gasteiger partial charge in [-0.1, -0.05) is 23.7 Å². The molecule has 0 saturated carbocycles. The van der Waals surface area contributed by atoms with Crippen molar-refractivity contribution in [2.24, 2.45) is 0 Å². The Morgan fingerprint density at radius 1 is 1.07 bits per heavy atom. The van der Waals surface area contributed by atoms with Crippen molar-refractivity contribution in [3.8, 4) is 11.1 Å². The fourth-order valence-electron chi connectivity index (χ4n) is 3.07. The molecule has 0 aliphatic rings. The lowest BCUT2D eigenvalue weighted by Gasteiger charge is -2.14. The molecule has 134 valence electrons. The lowest BCUT2D eigenvalue weighted by molar-refractivity contribution is 0.783. The number of hydrogen-bond acceptors (Lipinski definition) is 5. The first-order valence-electron chi connectivity index (χ1n) is 8.35. The predicted molar refractivity (Wildman–Crippen MR) is 107 cm³/mol. The van der Waals surface area contributed by atoms with Crippen LogP contribution in [-0.2, 0) is 6.54 Å². The fraction of sp³-hybridized carbons (Fsp3) is 0.100. The monoisotopic (exact) mass is 377 g/mol. The first-order valence-corrected chi connectivity index (χ1v) is 8.73. The highest BCUT2D eigenvalue weighted by molar-refractivity contribution is 6.30. The summed E-state index contributed by atoms with van der Waals surface area (Å²) in [5.41, 5.74) is 9.21. The van der Waals surface area contributed by atoms with Crippen LogP contribution in [0.1, 0.15) is 11.3 Å². The van der Waals surface area contributed by atoms with Crippen LogP contribution in [0.2, 0.25) is 5.02 Å². The van der Waals surface area contributed by atoms with Crippen LogP contribution in [0.15, 0.2) is 59.7 Å². The van der Waals surface area contributed by atoms with Gasteiger partial charge in [0.15, 0.2) is 0 Å². The fourth-order valence-corrected chi connectivity index (χ4v) is 3.19. The van der Waals surface area contributed by atoms with Gasteiger partial charge in [0, 0.05) is 28.4 Å². The Kier molecular flexibility index (Phi) is 4.33. The summed E-state index contributed by atoms with van der Waals surface area (Å²) in [6, 6.07) is 12.8. The quantitative estimate of drug-likeness (QED) is 0.591. The molecule has 0 amide bonds. The van der Waals surface area contributed by atoms with Crippen molar-refractivity contribution in [2.45, 2.75) is 13.5 Å². The van der Waals surface area contributed by atoms with Gasteiger partial charge in [-0.05, 0) is 48.4 Å². The summed E-state index contributed by atoms with van der Waals surface area (Å²) in [7, 11) is 0. The molecule has 0 atom stereocenters. The van der Waals surface area contributed by atoms with Gasteiger partial charge in [0.2, 0.25) is 5.95 Å². The summed E-state index contributed by atoms with van der Waals surface area (Å²) in [4.78, 5) is 25.9. The van der Waals surface area contributed by atoms with E-state index >= 15 is 0 Å². The van der Waals surface area contributed by atoms with E-state index in [0.717, 1.165) is 22.2 Å². The van der Waals surface area contributed by atoms with Crippen LogP contribution in [0.4, 0.5) is 5.95 Å². The van der Waals surface area contributed by atoms with E-state index in [9.17, 15) is 4.79 Å². The third-order valence-corrected chi connectivity index (χ3v) is 4.65. The van der Waals surface area contributed by atoms with Gasteiger partial charge in [-0.25, -0.2) is 4.98 Å². The topological polar surface area (TPSA) is 86.7 Å². The van der Waals surface area contributed by atoms with E-state index in [1.54, 1.807) is 29.1 Å². The third kappa shape index (κ3) is 3.27. The van der Waals surface area contributed by atoms with Gasteiger partial charge in [-0.2, -0.15) is 4.98 Å². The van der Waals surface area contributed by atoms with E-state index in [-0.39, 0.29) is 11.5 Å². The number of nitrogen functional groups attached to an aromatic ring is 1. The summed E-state index contributed by atoms with van der Waals surface area (Å²) in [6.07, 6.45) is 3.32. The number of aryl methyl sites for hydroxylation is 1. The van der Waals surface area contributed by atoms with Crippen molar-refractivity contribution in [3.05, 3.63) is 81.5 Å². The van der Waals surface area contributed by atoms with E-state index < -0.39 is 0 Å². The molecule has 0 aliphatic carbocycles.